The number of anilines is 3. The summed E-state index contributed by atoms with van der Waals surface area (Å²) in [4.78, 5) is 23.2. The third kappa shape index (κ3) is 3.89. The number of hydrogen-bond acceptors (Lipinski definition) is 8. The molecule has 0 spiro atoms. The fourth-order valence-corrected chi connectivity index (χ4v) is 4.49. The normalized spacial score (nSPS) is 19.9. The molecule has 8 heteroatoms. The summed E-state index contributed by atoms with van der Waals surface area (Å²) in [5, 5.41) is 3.11. The highest BCUT2D eigenvalue weighted by Crippen LogP contribution is 2.38. The maximum absolute atomic E-state index is 4.84. The second-order valence-corrected chi connectivity index (χ2v) is 9.17. The highest BCUT2D eigenvalue weighted by molar-refractivity contribution is 5.45. The zero-order chi connectivity index (χ0) is 20.5. The lowest BCUT2D eigenvalue weighted by Gasteiger charge is -2.49. The van der Waals surface area contributed by atoms with Crippen LogP contribution < -0.4 is 15.1 Å². The molecule has 1 aromatic heterocycles. The quantitative estimate of drug-likeness (QED) is 0.684. The van der Waals surface area contributed by atoms with E-state index in [0.29, 0.717) is 5.95 Å². The predicted molar refractivity (Wildman–Crippen MR) is 116 cm³/mol. The fourth-order valence-electron chi connectivity index (χ4n) is 4.49. The molecule has 0 bridgehead atoms. The minimum absolute atomic E-state index is 0.230. The van der Waals surface area contributed by atoms with Gasteiger partial charge >= 0.3 is 0 Å². The molecule has 0 aromatic carbocycles. The van der Waals surface area contributed by atoms with Crippen LogP contribution in [0, 0.1) is 0 Å². The Morgan fingerprint density at radius 2 is 1.11 bits per heavy atom. The van der Waals surface area contributed by atoms with E-state index < -0.39 is 0 Å². The first-order valence-electron chi connectivity index (χ1n) is 10.4. The third-order valence-electron chi connectivity index (χ3n) is 7.05. The van der Waals surface area contributed by atoms with Gasteiger partial charge in [-0.1, -0.05) is 0 Å². The second kappa shape index (κ2) is 7.99. The highest BCUT2D eigenvalue weighted by Gasteiger charge is 2.41. The lowest BCUT2D eigenvalue weighted by atomic mass is 9.75. The largest absolute Gasteiger partial charge is 0.357 e. The molecule has 2 fully saturated rings. The van der Waals surface area contributed by atoms with E-state index in [1.54, 1.807) is 0 Å². The van der Waals surface area contributed by atoms with E-state index in [4.69, 9.17) is 4.98 Å². The number of aromatic nitrogens is 3. The molecule has 0 radical (unpaired) electrons. The molecule has 0 atom stereocenters. The molecular formula is C20H38N8. The molecule has 2 aliphatic carbocycles. The van der Waals surface area contributed by atoms with Gasteiger partial charge in [-0.3, -0.25) is 0 Å². The minimum atomic E-state index is 0.230. The first kappa shape index (κ1) is 21.0. The zero-order valence-corrected chi connectivity index (χ0v) is 18.8. The van der Waals surface area contributed by atoms with Crippen molar-refractivity contribution in [1.82, 2.24) is 24.8 Å². The van der Waals surface area contributed by atoms with Crippen LogP contribution in [0.15, 0.2) is 0 Å². The summed E-state index contributed by atoms with van der Waals surface area (Å²) in [7, 11) is 14.8. The SMILES string of the molecule is CNc1nc(N(C)CC2(N(C)C)CCC2)nc(N(C)CC2(N(C)C)CCC2)n1. The number of likely N-dealkylation sites (N-methyl/N-ethyl adjacent to an activating group) is 4. The van der Waals surface area contributed by atoms with Crippen LogP contribution in [0.1, 0.15) is 38.5 Å². The smallest absolute Gasteiger partial charge is 0.231 e. The van der Waals surface area contributed by atoms with Crippen molar-refractivity contribution in [2.75, 3.05) is 77.5 Å². The van der Waals surface area contributed by atoms with Crippen LogP contribution in [-0.2, 0) is 0 Å². The van der Waals surface area contributed by atoms with Gasteiger partial charge in [-0.05, 0) is 66.7 Å². The second-order valence-electron chi connectivity index (χ2n) is 9.17. The van der Waals surface area contributed by atoms with Crippen LogP contribution in [0.3, 0.4) is 0 Å². The summed E-state index contributed by atoms with van der Waals surface area (Å²) in [5.41, 5.74) is 0.461. The lowest BCUT2D eigenvalue weighted by molar-refractivity contribution is 0.0676. The summed E-state index contributed by atoms with van der Waals surface area (Å²) >= 11 is 0. The summed E-state index contributed by atoms with van der Waals surface area (Å²) in [6.45, 7) is 1.86. The van der Waals surface area contributed by atoms with Gasteiger partial charge in [0.15, 0.2) is 0 Å². The van der Waals surface area contributed by atoms with Crippen molar-refractivity contribution in [2.24, 2.45) is 0 Å². The molecule has 1 N–H and O–H groups in total. The Hall–Kier alpha value is -1.67. The Bertz CT molecular complexity index is 614. The van der Waals surface area contributed by atoms with E-state index in [2.05, 4.69) is 77.2 Å². The van der Waals surface area contributed by atoms with Gasteiger partial charge in [0.1, 0.15) is 0 Å². The number of hydrogen-bond donors (Lipinski definition) is 1. The van der Waals surface area contributed by atoms with Crippen LogP contribution in [0.2, 0.25) is 0 Å². The zero-order valence-electron chi connectivity index (χ0n) is 18.8. The number of nitrogens with zero attached hydrogens (tertiary/aromatic N) is 7. The number of rotatable bonds is 9. The molecule has 1 aromatic rings. The van der Waals surface area contributed by atoms with Crippen molar-refractivity contribution in [3.63, 3.8) is 0 Å². The molecule has 8 nitrogen and oxygen atoms in total. The van der Waals surface area contributed by atoms with Crippen molar-refractivity contribution >= 4 is 17.8 Å². The Kier molecular flexibility index (Phi) is 6.00. The maximum Gasteiger partial charge on any atom is 0.231 e. The van der Waals surface area contributed by atoms with Crippen LogP contribution in [-0.4, -0.2) is 98.3 Å². The van der Waals surface area contributed by atoms with Gasteiger partial charge in [0.2, 0.25) is 17.8 Å². The summed E-state index contributed by atoms with van der Waals surface area (Å²) in [6, 6.07) is 0. The van der Waals surface area contributed by atoms with Gasteiger partial charge in [-0.2, -0.15) is 15.0 Å². The average molecular weight is 391 g/mol. The molecule has 158 valence electrons. The third-order valence-corrected chi connectivity index (χ3v) is 7.05. The molecule has 3 rings (SSSR count). The average Bonchev–Trinajstić information content (AvgIpc) is 2.59. The van der Waals surface area contributed by atoms with Crippen molar-refractivity contribution in [3.8, 4) is 0 Å². The van der Waals surface area contributed by atoms with Crippen molar-refractivity contribution in [2.45, 2.75) is 49.6 Å². The van der Waals surface area contributed by atoms with Crippen LogP contribution in [0.25, 0.3) is 0 Å². The first-order valence-corrected chi connectivity index (χ1v) is 10.4. The van der Waals surface area contributed by atoms with Gasteiger partial charge in [0, 0.05) is 45.3 Å². The van der Waals surface area contributed by atoms with Crippen LogP contribution >= 0.6 is 0 Å². The molecule has 1 heterocycles. The fraction of sp³-hybridized carbons (Fsp3) is 0.850. The van der Waals surface area contributed by atoms with Crippen LogP contribution in [0.5, 0.6) is 0 Å². The van der Waals surface area contributed by atoms with Crippen molar-refractivity contribution in [1.29, 1.82) is 0 Å². The van der Waals surface area contributed by atoms with E-state index in [9.17, 15) is 0 Å². The summed E-state index contributed by atoms with van der Waals surface area (Å²) < 4.78 is 0. The van der Waals surface area contributed by atoms with E-state index in [0.717, 1.165) is 25.0 Å². The minimum Gasteiger partial charge on any atom is -0.357 e. The summed E-state index contributed by atoms with van der Waals surface area (Å²) in [5.74, 6) is 2.10. The van der Waals surface area contributed by atoms with E-state index >= 15 is 0 Å². The Morgan fingerprint density at radius 1 is 0.714 bits per heavy atom. The molecular weight excluding hydrogens is 352 g/mol. The van der Waals surface area contributed by atoms with Crippen LogP contribution in [0.4, 0.5) is 17.8 Å². The van der Waals surface area contributed by atoms with E-state index in [1.807, 2.05) is 7.05 Å². The molecule has 0 saturated heterocycles. The Morgan fingerprint density at radius 3 is 1.36 bits per heavy atom. The topological polar surface area (TPSA) is 63.7 Å². The molecule has 28 heavy (non-hydrogen) atoms. The Balaban J connectivity index is 1.79. The molecule has 0 amide bonds. The number of nitrogens with one attached hydrogen (secondary N) is 1. The molecule has 0 aliphatic heterocycles. The van der Waals surface area contributed by atoms with Gasteiger partial charge in [-0.25, -0.2) is 0 Å². The van der Waals surface area contributed by atoms with Gasteiger partial charge in [0.05, 0.1) is 0 Å². The van der Waals surface area contributed by atoms with Gasteiger partial charge < -0.3 is 24.9 Å². The highest BCUT2D eigenvalue weighted by atomic mass is 15.4. The summed E-state index contributed by atoms with van der Waals surface area (Å²) in [6.07, 6.45) is 7.51. The lowest BCUT2D eigenvalue weighted by Crippen LogP contribution is -2.57. The van der Waals surface area contributed by atoms with Gasteiger partial charge in [0.25, 0.3) is 0 Å². The standard InChI is InChI=1S/C20H38N8/c1-21-16-22-17(27(6)14-19(25(2)3)10-8-11-19)24-18(23-16)28(7)15-20(26(4)5)12-9-13-20/h8-15H2,1-7H3,(H,21,22,23,24). The van der Waals surface area contributed by atoms with Crippen molar-refractivity contribution in [3.05, 3.63) is 0 Å². The van der Waals surface area contributed by atoms with Crippen molar-refractivity contribution < 1.29 is 0 Å². The van der Waals surface area contributed by atoms with E-state index in [-0.39, 0.29) is 11.1 Å². The van der Waals surface area contributed by atoms with Gasteiger partial charge in [-0.15, -0.1) is 0 Å². The van der Waals surface area contributed by atoms with E-state index in [1.165, 1.54) is 38.5 Å². The Labute approximate surface area is 170 Å². The first-order chi connectivity index (χ1) is 13.2. The molecule has 2 aliphatic rings. The monoisotopic (exact) mass is 390 g/mol. The predicted octanol–water partition coefficient (Wildman–Crippen LogP) is 1.75. The molecule has 2 saturated carbocycles. The molecule has 0 unspecified atom stereocenters. The maximum atomic E-state index is 4.84.